The Hall–Kier alpha value is -4.25. The lowest BCUT2D eigenvalue weighted by atomic mass is 10.1. The van der Waals surface area contributed by atoms with E-state index < -0.39 is 33.4 Å². The molecule has 0 aliphatic carbocycles. The Morgan fingerprint density at radius 3 is 2.17 bits per heavy atom. The molecule has 0 radical (unpaired) electrons. The molecule has 3 aromatic rings. The van der Waals surface area contributed by atoms with Crippen molar-refractivity contribution in [2.24, 2.45) is 5.92 Å². The third kappa shape index (κ3) is 7.66. The smallest absolute Gasteiger partial charge is 0.269 e. The van der Waals surface area contributed by atoms with E-state index in [1.165, 1.54) is 41.3 Å². The molecule has 0 aromatic heterocycles. The van der Waals surface area contributed by atoms with Crippen molar-refractivity contribution in [1.29, 1.82) is 0 Å². The second kappa shape index (κ2) is 13.2. The number of non-ortho nitro benzene ring substituents is 1. The Morgan fingerprint density at radius 2 is 1.60 bits per heavy atom. The molecule has 10 nitrogen and oxygen atoms in total. The lowest BCUT2D eigenvalue weighted by Crippen LogP contribution is -2.51. The first-order valence-electron chi connectivity index (χ1n) is 12.8. The standard InChI is InChI=1S/C29H34N4O6S/c1-21(2)18-30-29(35)23(4)31(19-24-10-8-9-22(3)17-24)28(34)20-32(25-13-15-26(16-14-25)33(36)37)40(38,39)27-11-6-5-7-12-27/h5-17,21,23H,18-20H2,1-4H3,(H,30,35)/t23-/m1/s1. The van der Waals surface area contributed by atoms with Crippen molar-refractivity contribution in [2.45, 2.75) is 45.2 Å². The van der Waals surface area contributed by atoms with Gasteiger partial charge in [0, 0.05) is 25.2 Å². The minimum Gasteiger partial charge on any atom is -0.354 e. The number of amides is 2. The molecule has 1 N–H and O–H groups in total. The third-order valence-corrected chi connectivity index (χ3v) is 8.03. The number of hydrogen-bond donors (Lipinski definition) is 1. The first kappa shape index (κ1) is 30.3. The number of benzene rings is 3. The molecule has 0 spiro atoms. The van der Waals surface area contributed by atoms with Gasteiger partial charge in [-0.05, 0) is 49.6 Å². The number of rotatable bonds is 12. The Morgan fingerprint density at radius 1 is 0.950 bits per heavy atom. The summed E-state index contributed by atoms with van der Waals surface area (Å²) in [4.78, 5) is 38.8. The fourth-order valence-corrected chi connectivity index (χ4v) is 5.47. The van der Waals surface area contributed by atoms with Crippen LogP contribution in [0.5, 0.6) is 0 Å². The minimum atomic E-state index is -4.25. The Labute approximate surface area is 234 Å². The largest absolute Gasteiger partial charge is 0.354 e. The van der Waals surface area contributed by atoms with Gasteiger partial charge >= 0.3 is 0 Å². The van der Waals surface area contributed by atoms with Crippen LogP contribution in [0.15, 0.2) is 83.8 Å². The van der Waals surface area contributed by atoms with Crippen LogP contribution in [0.1, 0.15) is 31.9 Å². The predicted molar refractivity (Wildman–Crippen MR) is 153 cm³/mol. The van der Waals surface area contributed by atoms with Gasteiger partial charge in [0.05, 0.1) is 15.5 Å². The van der Waals surface area contributed by atoms with Crippen LogP contribution in [0.4, 0.5) is 11.4 Å². The van der Waals surface area contributed by atoms with Crippen LogP contribution in [0.2, 0.25) is 0 Å². The van der Waals surface area contributed by atoms with Crippen LogP contribution in [-0.4, -0.2) is 49.2 Å². The second-order valence-electron chi connectivity index (χ2n) is 9.92. The summed E-state index contributed by atoms with van der Waals surface area (Å²) in [7, 11) is -4.25. The van der Waals surface area contributed by atoms with E-state index in [1.807, 2.05) is 45.0 Å². The summed E-state index contributed by atoms with van der Waals surface area (Å²) in [5, 5.41) is 14.0. The Bertz CT molecular complexity index is 1440. The normalized spacial score (nSPS) is 12.0. The van der Waals surface area contributed by atoms with Gasteiger partial charge in [-0.15, -0.1) is 0 Å². The van der Waals surface area contributed by atoms with Gasteiger partial charge in [0.25, 0.3) is 15.7 Å². The zero-order valence-electron chi connectivity index (χ0n) is 23.0. The van der Waals surface area contributed by atoms with Crippen molar-refractivity contribution in [3.8, 4) is 0 Å². The van der Waals surface area contributed by atoms with Crippen LogP contribution < -0.4 is 9.62 Å². The fraction of sp³-hybridized carbons (Fsp3) is 0.310. The highest BCUT2D eigenvalue weighted by atomic mass is 32.2. The number of nitro groups is 1. The molecule has 212 valence electrons. The van der Waals surface area contributed by atoms with Crippen LogP contribution in [0.25, 0.3) is 0 Å². The molecule has 3 rings (SSSR count). The van der Waals surface area contributed by atoms with E-state index in [0.717, 1.165) is 15.4 Å². The van der Waals surface area contributed by atoms with E-state index in [4.69, 9.17) is 0 Å². The maximum Gasteiger partial charge on any atom is 0.269 e. The summed E-state index contributed by atoms with van der Waals surface area (Å²) in [6.07, 6.45) is 0. The lowest BCUT2D eigenvalue weighted by Gasteiger charge is -2.32. The number of sulfonamides is 1. The summed E-state index contributed by atoms with van der Waals surface area (Å²) in [5.41, 5.74) is 1.62. The van der Waals surface area contributed by atoms with Crippen LogP contribution in [-0.2, 0) is 26.2 Å². The first-order valence-corrected chi connectivity index (χ1v) is 14.3. The Balaban J connectivity index is 2.02. The van der Waals surface area contributed by atoms with Gasteiger partial charge < -0.3 is 10.2 Å². The average molecular weight is 567 g/mol. The number of nitro benzene ring substituents is 1. The lowest BCUT2D eigenvalue weighted by molar-refractivity contribution is -0.384. The van der Waals surface area contributed by atoms with E-state index in [9.17, 15) is 28.1 Å². The fourth-order valence-electron chi connectivity index (χ4n) is 4.03. The Kier molecular flexibility index (Phi) is 10.0. The van der Waals surface area contributed by atoms with E-state index in [1.54, 1.807) is 25.1 Å². The molecule has 40 heavy (non-hydrogen) atoms. The molecule has 0 aliphatic rings. The van der Waals surface area contributed by atoms with Crippen molar-refractivity contribution in [1.82, 2.24) is 10.2 Å². The highest BCUT2D eigenvalue weighted by Crippen LogP contribution is 2.26. The monoisotopic (exact) mass is 566 g/mol. The zero-order chi connectivity index (χ0) is 29.4. The molecule has 2 amide bonds. The quantitative estimate of drug-likeness (QED) is 0.257. The maximum atomic E-state index is 13.9. The highest BCUT2D eigenvalue weighted by molar-refractivity contribution is 7.92. The molecule has 0 fully saturated rings. The SMILES string of the molecule is Cc1cccc(CN(C(=O)CN(c2ccc([N+](=O)[O-])cc2)S(=O)(=O)c2ccccc2)[C@H](C)C(=O)NCC(C)C)c1. The average Bonchev–Trinajstić information content (AvgIpc) is 2.93. The zero-order valence-corrected chi connectivity index (χ0v) is 23.8. The van der Waals surface area contributed by atoms with Crippen molar-refractivity contribution >= 4 is 33.2 Å². The number of carbonyl (C=O) groups is 2. The van der Waals surface area contributed by atoms with Crippen molar-refractivity contribution in [2.75, 3.05) is 17.4 Å². The van der Waals surface area contributed by atoms with Crippen molar-refractivity contribution in [3.05, 3.63) is 100 Å². The number of nitrogens with zero attached hydrogens (tertiary/aromatic N) is 3. The first-order chi connectivity index (χ1) is 18.9. The summed E-state index contributed by atoms with van der Waals surface area (Å²) in [6.45, 7) is 7.31. The van der Waals surface area contributed by atoms with Gasteiger partial charge in [-0.1, -0.05) is 61.9 Å². The van der Waals surface area contributed by atoms with E-state index >= 15 is 0 Å². The maximum absolute atomic E-state index is 13.9. The molecule has 0 unspecified atom stereocenters. The number of nitrogens with one attached hydrogen (secondary N) is 1. The molecular weight excluding hydrogens is 532 g/mol. The second-order valence-corrected chi connectivity index (χ2v) is 11.8. The molecule has 11 heteroatoms. The van der Waals surface area contributed by atoms with Crippen molar-refractivity contribution < 1.29 is 22.9 Å². The summed E-state index contributed by atoms with van der Waals surface area (Å²) >= 11 is 0. The number of aryl methyl sites for hydroxylation is 1. The van der Waals surface area contributed by atoms with Gasteiger partial charge in [-0.2, -0.15) is 0 Å². The topological polar surface area (TPSA) is 130 Å². The van der Waals surface area contributed by atoms with Crippen LogP contribution in [0.3, 0.4) is 0 Å². The molecule has 0 heterocycles. The van der Waals surface area contributed by atoms with E-state index in [2.05, 4.69) is 5.32 Å². The number of anilines is 1. The molecule has 3 aromatic carbocycles. The molecule has 0 aliphatic heterocycles. The van der Waals surface area contributed by atoms with E-state index in [-0.39, 0.29) is 34.6 Å². The van der Waals surface area contributed by atoms with Crippen LogP contribution >= 0.6 is 0 Å². The van der Waals surface area contributed by atoms with Gasteiger partial charge in [-0.25, -0.2) is 8.42 Å². The summed E-state index contributed by atoms with van der Waals surface area (Å²) < 4.78 is 28.4. The molecule has 0 saturated heterocycles. The van der Waals surface area contributed by atoms with Gasteiger partial charge in [0.2, 0.25) is 11.8 Å². The third-order valence-electron chi connectivity index (χ3n) is 6.25. The van der Waals surface area contributed by atoms with E-state index in [0.29, 0.717) is 6.54 Å². The molecule has 1 atom stereocenters. The molecule has 0 saturated carbocycles. The number of carbonyl (C=O) groups excluding carboxylic acids is 2. The number of hydrogen-bond acceptors (Lipinski definition) is 6. The van der Waals surface area contributed by atoms with Gasteiger partial charge in [-0.3, -0.25) is 24.0 Å². The summed E-state index contributed by atoms with van der Waals surface area (Å²) in [5.74, 6) is -0.764. The summed E-state index contributed by atoms with van der Waals surface area (Å²) in [6, 6.07) is 19.1. The minimum absolute atomic E-state index is 0.0471. The predicted octanol–water partition coefficient (Wildman–Crippen LogP) is 4.29. The highest BCUT2D eigenvalue weighted by Gasteiger charge is 2.32. The van der Waals surface area contributed by atoms with Gasteiger partial charge in [0.1, 0.15) is 12.6 Å². The molecule has 0 bridgehead atoms. The molecular formula is C29H34N4O6S. The van der Waals surface area contributed by atoms with Gasteiger partial charge in [0.15, 0.2) is 0 Å². The van der Waals surface area contributed by atoms with Crippen molar-refractivity contribution in [3.63, 3.8) is 0 Å². The van der Waals surface area contributed by atoms with Crippen LogP contribution in [0, 0.1) is 23.0 Å².